The molecule has 1 amide bonds. The van der Waals surface area contributed by atoms with E-state index in [0.717, 1.165) is 10.8 Å². The Kier molecular flexibility index (Phi) is 3.04. The summed E-state index contributed by atoms with van der Waals surface area (Å²) < 4.78 is 0. The molecule has 20 heavy (non-hydrogen) atoms. The summed E-state index contributed by atoms with van der Waals surface area (Å²) in [5.41, 5.74) is 6.86. The van der Waals surface area contributed by atoms with Crippen molar-refractivity contribution in [2.45, 2.75) is 6.54 Å². The number of aromatic nitrogens is 3. The molecule has 0 unspecified atom stereocenters. The van der Waals surface area contributed by atoms with Crippen molar-refractivity contribution in [1.29, 1.82) is 0 Å². The van der Waals surface area contributed by atoms with Crippen molar-refractivity contribution in [1.82, 2.24) is 20.5 Å². The van der Waals surface area contributed by atoms with Gasteiger partial charge in [-0.05, 0) is 22.9 Å². The number of benzene rings is 2. The van der Waals surface area contributed by atoms with E-state index < -0.39 is 0 Å². The van der Waals surface area contributed by atoms with E-state index in [-0.39, 0.29) is 12.5 Å². The van der Waals surface area contributed by atoms with Crippen LogP contribution < -0.4 is 11.1 Å². The first-order valence-electron chi connectivity index (χ1n) is 6.15. The molecule has 1 heterocycles. The number of anilines is 1. The standard InChI is InChI=1S/C14H13N5O/c15-12-6-10-4-2-1-3-9(10)5-11(12)14(20)16-7-13-17-8-18-19-13/h1-6,8H,7,15H2,(H,16,20)(H,17,18,19). The molecule has 0 aliphatic carbocycles. The highest BCUT2D eigenvalue weighted by Crippen LogP contribution is 2.21. The Morgan fingerprint density at radius 1 is 1.25 bits per heavy atom. The highest BCUT2D eigenvalue weighted by Gasteiger charge is 2.11. The van der Waals surface area contributed by atoms with Crippen LogP contribution in [-0.4, -0.2) is 21.1 Å². The van der Waals surface area contributed by atoms with E-state index in [1.807, 2.05) is 24.3 Å². The van der Waals surface area contributed by atoms with Crippen molar-refractivity contribution in [2.75, 3.05) is 5.73 Å². The quantitative estimate of drug-likeness (QED) is 0.626. The molecule has 6 heteroatoms. The first kappa shape index (κ1) is 12.2. The fraction of sp³-hybridized carbons (Fsp3) is 0.0714. The second-order valence-electron chi connectivity index (χ2n) is 4.40. The summed E-state index contributed by atoms with van der Waals surface area (Å²) in [7, 11) is 0. The Hall–Kier alpha value is -2.89. The van der Waals surface area contributed by atoms with E-state index in [1.165, 1.54) is 6.33 Å². The summed E-state index contributed by atoms with van der Waals surface area (Å²) >= 11 is 0. The van der Waals surface area contributed by atoms with Crippen molar-refractivity contribution in [3.8, 4) is 0 Å². The molecule has 0 bridgehead atoms. The summed E-state index contributed by atoms with van der Waals surface area (Å²) in [6, 6.07) is 11.4. The number of nitrogens with one attached hydrogen (secondary N) is 2. The number of rotatable bonds is 3. The Balaban J connectivity index is 1.85. The number of fused-ring (bicyclic) bond motifs is 1. The van der Waals surface area contributed by atoms with E-state index in [1.54, 1.807) is 12.1 Å². The molecule has 0 fully saturated rings. The van der Waals surface area contributed by atoms with Crippen LogP contribution in [0.2, 0.25) is 0 Å². The van der Waals surface area contributed by atoms with Crippen LogP contribution >= 0.6 is 0 Å². The van der Waals surface area contributed by atoms with Crippen molar-refractivity contribution in [3.63, 3.8) is 0 Å². The Labute approximate surface area is 115 Å². The van der Waals surface area contributed by atoms with Gasteiger partial charge in [0.05, 0.1) is 12.1 Å². The molecule has 1 aromatic heterocycles. The average molecular weight is 267 g/mol. The number of carbonyl (C=O) groups excluding carboxylic acids is 1. The molecule has 4 N–H and O–H groups in total. The van der Waals surface area contributed by atoms with Crippen LogP contribution in [-0.2, 0) is 6.54 Å². The van der Waals surface area contributed by atoms with E-state index in [2.05, 4.69) is 20.5 Å². The Morgan fingerprint density at radius 3 is 2.70 bits per heavy atom. The largest absolute Gasteiger partial charge is 0.398 e. The summed E-state index contributed by atoms with van der Waals surface area (Å²) in [4.78, 5) is 16.1. The summed E-state index contributed by atoms with van der Waals surface area (Å²) in [6.07, 6.45) is 1.39. The smallest absolute Gasteiger partial charge is 0.253 e. The van der Waals surface area contributed by atoms with Crippen LogP contribution in [0.4, 0.5) is 5.69 Å². The van der Waals surface area contributed by atoms with Crippen LogP contribution in [0, 0.1) is 0 Å². The fourth-order valence-electron chi connectivity index (χ4n) is 2.03. The predicted octanol–water partition coefficient (Wildman–Crippen LogP) is 1.47. The summed E-state index contributed by atoms with van der Waals surface area (Å²) in [6.45, 7) is 0.283. The van der Waals surface area contributed by atoms with Gasteiger partial charge in [0.25, 0.3) is 5.91 Å². The minimum absolute atomic E-state index is 0.232. The van der Waals surface area contributed by atoms with Gasteiger partial charge in [-0.2, -0.15) is 5.10 Å². The van der Waals surface area contributed by atoms with E-state index in [0.29, 0.717) is 17.1 Å². The van der Waals surface area contributed by atoms with Crippen LogP contribution in [0.1, 0.15) is 16.2 Å². The zero-order chi connectivity index (χ0) is 13.9. The minimum Gasteiger partial charge on any atom is -0.398 e. The maximum Gasteiger partial charge on any atom is 0.253 e. The number of amides is 1. The molecule has 3 aromatic rings. The Morgan fingerprint density at radius 2 is 2.00 bits per heavy atom. The van der Waals surface area contributed by atoms with Gasteiger partial charge in [0.2, 0.25) is 0 Å². The van der Waals surface area contributed by atoms with Gasteiger partial charge >= 0.3 is 0 Å². The second-order valence-corrected chi connectivity index (χ2v) is 4.40. The van der Waals surface area contributed by atoms with Crippen LogP contribution in [0.25, 0.3) is 10.8 Å². The SMILES string of the molecule is Nc1cc2ccccc2cc1C(=O)NCc1ncn[nH]1. The van der Waals surface area contributed by atoms with Gasteiger partial charge in [0.15, 0.2) is 0 Å². The van der Waals surface area contributed by atoms with Gasteiger partial charge in [-0.25, -0.2) is 4.98 Å². The van der Waals surface area contributed by atoms with E-state index >= 15 is 0 Å². The molecule has 100 valence electrons. The lowest BCUT2D eigenvalue weighted by molar-refractivity contribution is 0.0951. The van der Waals surface area contributed by atoms with Gasteiger partial charge in [-0.3, -0.25) is 9.89 Å². The van der Waals surface area contributed by atoms with Gasteiger partial charge in [-0.1, -0.05) is 24.3 Å². The topological polar surface area (TPSA) is 96.7 Å². The first-order valence-corrected chi connectivity index (χ1v) is 6.15. The van der Waals surface area contributed by atoms with Gasteiger partial charge in [-0.15, -0.1) is 0 Å². The molecule has 3 rings (SSSR count). The monoisotopic (exact) mass is 267 g/mol. The van der Waals surface area contributed by atoms with Crippen LogP contribution in [0.15, 0.2) is 42.7 Å². The summed E-state index contributed by atoms with van der Waals surface area (Å²) in [5, 5.41) is 11.1. The van der Waals surface area contributed by atoms with E-state index in [4.69, 9.17) is 5.73 Å². The average Bonchev–Trinajstić information content (AvgIpc) is 2.97. The maximum absolute atomic E-state index is 12.2. The number of hydrogen-bond donors (Lipinski definition) is 3. The lowest BCUT2D eigenvalue weighted by Crippen LogP contribution is -2.24. The molecule has 0 spiro atoms. The van der Waals surface area contributed by atoms with Crippen molar-refractivity contribution >= 4 is 22.4 Å². The molecule has 6 nitrogen and oxygen atoms in total. The third-order valence-electron chi connectivity index (χ3n) is 3.04. The highest BCUT2D eigenvalue weighted by molar-refractivity contribution is 6.03. The van der Waals surface area contributed by atoms with Gasteiger partial charge in [0.1, 0.15) is 12.2 Å². The van der Waals surface area contributed by atoms with Crippen LogP contribution in [0.5, 0.6) is 0 Å². The lowest BCUT2D eigenvalue weighted by Gasteiger charge is -2.08. The minimum atomic E-state index is -0.232. The fourth-order valence-corrected chi connectivity index (χ4v) is 2.03. The molecule has 0 saturated heterocycles. The van der Waals surface area contributed by atoms with Gasteiger partial charge in [0, 0.05) is 5.69 Å². The lowest BCUT2D eigenvalue weighted by atomic mass is 10.0. The maximum atomic E-state index is 12.2. The van der Waals surface area contributed by atoms with Crippen molar-refractivity contribution < 1.29 is 4.79 Å². The molecule has 2 aromatic carbocycles. The third kappa shape index (κ3) is 2.31. The van der Waals surface area contributed by atoms with Crippen LogP contribution in [0.3, 0.4) is 0 Å². The van der Waals surface area contributed by atoms with Crippen molar-refractivity contribution in [2.24, 2.45) is 0 Å². The predicted molar refractivity (Wildman–Crippen MR) is 75.9 cm³/mol. The molecule has 0 radical (unpaired) electrons. The first-order chi connectivity index (χ1) is 9.74. The number of nitrogen functional groups attached to an aromatic ring is 1. The highest BCUT2D eigenvalue weighted by atomic mass is 16.1. The number of nitrogens with zero attached hydrogens (tertiary/aromatic N) is 2. The molecular weight excluding hydrogens is 254 g/mol. The molecular formula is C14H13N5O. The molecule has 0 saturated carbocycles. The molecule has 0 aliphatic heterocycles. The second kappa shape index (κ2) is 5.00. The number of carbonyl (C=O) groups is 1. The molecule has 0 atom stereocenters. The number of hydrogen-bond acceptors (Lipinski definition) is 4. The van der Waals surface area contributed by atoms with Crippen molar-refractivity contribution in [3.05, 3.63) is 54.1 Å². The normalized spacial score (nSPS) is 10.6. The third-order valence-corrected chi connectivity index (χ3v) is 3.04. The Bertz CT molecular complexity index is 751. The van der Waals surface area contributed by atoms with Gasteiger partial charge < -0.3 is 11.1 Å². The zero-order valence-corrected chi connectivity index (χ0v) is 10.6. The number of H-pyrrole nitrogens is 1. The summed E-state index contributed by atoms with van der Waals surface area (Å²) in [5.74, 6) is 0.363. The van der Waals surface area contributed by atoms with E-state index in [9.17, 15) is 4.79 Å². The number of aromatic amines is 1. The zero-order valence-electron chi connectivity index (χ0n) is 10.6. The molecule has 0 aliphatic rings. The number of nitrogens with two attached hydrogens (primary N) is 1.